The molecule has 15 heteroatoms. The molecule has 8 atom stereocenters. The first kappa shape index (κ1) is 47.8. The maximum absolute atomic E-state index is 16.6. The third-order valence-electron chi connectivity index (χ3n) is 13.4. The average molecular weight is 953 g/mol. The van der Waals surface area contributed by atoms with Crippen molar-refractivity contribution in [3.8, 4) is 17.6 Å². The summed E-state index contributed by atoms with van der Waals surface area (Å²) in [5.74, 6) is 2.22. The molecule has 6 aromatic carbocycles. The number of hydrogen-bond acceptors (Lipinski definition) is 10. The van der Waals surface area contributed by atoms with E-state index in [1.54, 1.807) is 79.7 Å². The van der Waals surface area contributed by atoms with Gasteiger partial charge in [0.1, 0.15) is 29.9 Å². The first-order valence-electron chi connectivity index (χ1n) is 23.3. The van der Waals surface area contributed by atoms with Gasteiger partial charge in [-0.25, -0.2) is 14.5 Å². The van der Waals surface area contributed by atoms with Gasteiger partial charge in [0.25, 0.3) is 0 Å². The summed E-state index contributed by atoms with van der Waals surface area (Å²) >= 11 is 0. The van der Waals surface area contributed by atoms with Crippen molar-refractivity contribution in [3.63, 3.8) is 0 Å². The number of fused-ring (bicyclic) bond motifs is 3. The highest BCUT2D eigenvalue weighted by Crippen LogP contribution is 2.66. The number of nitrogens with two attached hydrogens (primary N) is 1. The number of anilines is 1. The van der Waals surface area contributed by atoms with Crippen LogP contribution in [0.2, 0.25) is 0 Å². The van der Waals surface area contributed by atoms with Crippen molar-refractivity contribution in [3.05, 3.63) is 203 Å². The van der Waals surface area contributed by atoms with Crippen molar-refractivity contribution in [2.75, 3.05) is 31.2 Å². The van der Waals surface area contributed by atoms with Crippen LogP contribution in [0.1, 0.15) is 76.2 Å². The highest BCUT2D eigenvalue weighted by molar-refractivity contribution is 6.24. The SMILES string of the molecule is C[C@@H](NC(=O)N1C(=O)[C@@]2(c3cc(C#CCNC(N)=O)ccc31)[C@H](C(=O)NC[C@H](O)c1ccccc1)[C@H]1C(=O)O[C@H](c3ccccc3)[C@H](c3ccccc3)N1[C@@H]2c1cccc(OCCO)c1)c1ccccc1. The number of urea groups is 2. The van der Waals surface area contributed by atoms with Crippen molar-refractivity contribution >= 4 is 35.5 Å². The highest BCUT2D eigenvalue weighted by atomic mass is 16.6. The zero-order chi connectivity index (χ0) is 49.6. The Morgan fingerprint density at radius 2 is 1.41 bits per heavy atom. The molecule has 0 saturated carbocycles. The summed E-state index contributed by atoms with van der Waals surface area (Å²) in [5.41, 5.74) is 6.96. The second-order valence-corrected chi connectivity index (χ2v) is 17.6. The Balaban J connectivity index is 1.32. The van der Waals surface area contributed by atoms with E-state index in [2.05, 4.69) is 27.8 Å². The van der Waals surface area contributed by atoms with Gasteiger partial charge in [-0.3, -0.25) is 19.3 Å². The summed E-state index contributed by atoms with van der Waals surface area (Å²) in [6.07, 6.45) is -2.17. The largest absolute Gasteiger partial charge is 0.491 e. The zero-order valence-corrected chi connectivity index (χ0v) is 38.7. The number of hydrogen-bond donors (Lipinski definition) is 6. The molecule has 15 nitrogen and oxygen atoms in total. The normalized spacial score (nSPS) is 22.0. The van der Waals surface area contributed by atoms with Gasteiger partial charge in [0.05, 0.1) is 49.0 Å². The molecule has 0 radical (unpaired) electrons. The van der Waals surface area contributed by atoms with Gasteiger partial charge in [-0.2, -0.15) is 0 Å². The van der Waals surface area contributed by atoms with Gasteiger partial charge in [-0.15, -0.1) is 0 Å². The van der Waals surface area contributed by atoms with Crippen LogP contribution in [0.4, 0.5) is 15.3 Å². The Morgan fingerprint density at radius 3 is 2.07 bits per heavy atom. The number of nitrogens with zero attached hydrogens (tertiary/aromatic N) is 2. The van der Waals surface area contributed by atoms with E-state index in [1.165, 1.54) is 0 Å². The Labute approximate surface area is 410 Å². The Bertz CT molecular complexity index is 2990. The lowest BCUT2D eigenvalue weighted by Gasteiger charge is -2.46. The van der Waals surface area contributed by atoms with E-state index in [0.29, 0.717) is 33.6 Å². The lowest BCUT2D eigenvalue weighted by molar-refractivity contribution is -0.178. The number of primary amides is 1. The molecule has 360 valence electrons. The van der Waals surface area contributed by atoms with E-state index in [0.717, 1.165) is 10.5 Å². The molecule has 6 amide bonds. The summed E-state index contributed by atoms with van der Waals surface area (Å²) in [4.78, 5) is 77.5. The van der Waals surface area contributed by atoms with E-state index in [9.17, 15) is 15.0 Å². The van der Waals surface area contributed by atoms with E-state index < -0.39 is 77.6 Å². The number of nitrogens with one attached hydrogen (secondary N) is 3. The van der Waals surface area contributed by atoms with Crippen molar-refractivity contribution in [2.24, 2.45) is 11.7 Å². The third-order valence-corrected chi connectivity index (χ3v) is 13.4. The molecule has 2 fully saturated rings. The van der Waals surface area contributed by atoms with Gasteiger partial charge in [0.15, 0.2) is 0 Å². The summed E-state index contributed by atoms with van der Waals surface area (Å²) in [7, 11) is 0. The number of cyclic esters (lactones) is 1. The van der Waals surface area contributed by atoms with E-state index in [-0.39, 0.29) is 37.6 Å². The van der Waals surface area contributed by atoms with Crippen molar-refractivity contribution in [1.29, 1.82) is 0 Å². The first-order chi connectivity index (χ1) is 34.5. The van der Waals surface area contributed by atoms with Crippen LogP contribution in [0.15, 0.2) is 164 Å². The minimum absolute atomic E-state index is 0.0582. The number of morpholine rings is 1. The zero-order valence-electron chi connectivity index (χ0n) is 38.7. The molecular weight excluding hydrogens is 901 g/mol. The van der Waals surface area contributed by atoms with Crippen molar-refractivity contribution < 1.29 is 43.7 Å². The monoisotopic (exact) mass is 952 g/mol. The number of amides is 6. The molecule has 0 bridgehead atoms. The van der Waals surface area contributed by atoms with Gasteiger partial charge in [-0.05, 0) is 70.6 Å². The van der Waals surface area contributed by atoms with Crippen LogP contribution in [-0.4, -0.2) is 77.3 Å². The number of rotatable bonds is 13. The van der Waals surface area contributed by atoms with Crippen LogP contribution in [-0.2, 0) is 24.5 Å². The maximum Gasteiger partial charge on any atom is 0.329 e. The van der Waals surface area contributed by atoms with Crippen LogP contribution >= 0.6 is 0 Å². The minimum atomic E-state index is -2.15. The molecule has 3 heterocycles. The molecule has 7 N–H and O–H groups in total. The van der Waals surface area contributed by atoms with Crippen LogP contribution in [0.3, 0.4) is 0 Å². The fourth-order valence-electron chi connectivity index (χ4n) is 10.4. The smallest absolute Gasteiger partial charge is 0.329 e. The Morgan fingerprint density at radius 1 is 0.775 bits per heavy atom. The van der Waals surface area contributed by atoms with Crippen LogP contribution in [0, 0.1) is 17.8 Å². The molecule has 0 unspecified atom stereocenters. The van der Waals surface area contributed by atoms with Gasteiger partial charge in [0, 0.05) is 12.1 Å². The van der Waals surface area contributed by atoms with Gasteiger partial charge in [-0.1, -0.05) is 145 Å². The number of aliphatic hydroxyl groups excluding tert-OH is 2. The molecule has 2 saturated heterocycles. The molecule has 0 aromatic heterocycles. The van der Waals surface area contributed by atoms with Gasteiger partial charge >= 0.3 is 18.0 Å². The van der Waals surface area contributed by atoms with Gasteiger partial charge < -0.3 is 41.4 Å². The predicted molar refractivity (Wildman–Crippen MR) is 263 cm³/mol. The molecule has 9 rings (SSSR count). The van der Waals surface area contributed by atoms with Crippen LogP contribution in [0.5, 0.6) is 5.75 Å². The number of aliphatic hydroxyl groups is 2. The van der Waals surface area contributed by atoms with Crippen LogP contribution < -0.4 is 31.3 Å². The third kappa shape index (κ3) is 9.19. The maximum atomic E-state index is 16.6. The fourth-order valence-corrected chi connectivity index (χ4v) is 10.4. The number of imide groups is 1. The molecule has 71 heavy (non-hydrogen) atoms. The number of benzene rings is 6. The predicted octanol–water partition coefficient (Wildman–Crippen LogP) is 6.06. The van der Waals surface area contributed by atoms with E-state index >= 15 is 19.2 Å². The minimum Gasteiger partial charge on any atom is -0.491 e. The topological polar surface area (TPSA) is 213 Å². The lowest BCUT2D eigenvalue weighted by Crippen LogP contribution is -2.56. The fraction of sp³-hybridized carbons (Fsp3) is 0.232. The second kappa shape index (κ2) is 20.7. The summed E-state index contributed by atoms with van der Waals surface area (Å²) < 4.78 is 12.6. The van der Waals surface area contributed by atoms with Crippen molar-refractivity contribution in [2.45, 2.75) is 48.7 Å². The number of carbonyl (C=O) groups excluding carboxylic acids is 5. The summed E-state index contributed by atoms with van der Waals surface area (Å²) in [6.45, 7) is 1.02. The molecule has 3 aliphatic rings. The van der Waals surface area contributed by atoms with E-state index in [4.69, 9.17) is 15.2 Å². The molecule has 1 spiro atoms. The molecule has 3 aliphatic heterocycles. The molecular formula is C56H52N6O9. The average Bonchev–Trinajstić information content (AvgIpc) is 3.86. The summed E-state index contributed by atoms with van der Waals surface area (Å²) in [5, 5.41) is 29.7. The quantitative estimate of drug-likeness (QED) is 0.0582. The Kier molecular flexibility index (Phi) is 14.0. The highest BCUT2D eigenvalue weighted by Gasteiger charge is 2.75. The Hall–Kier alpha value is -8.29. The lowest BCUT2D eigenvalue weighted by atomic mass is 9.65. The van der Waals surface area contributed by atoms with Crippen LogP contribution in [0.25, 0.3) is 0 Å². The number of esters is 1. The van der Waals surface area contributed by atoms with Crippen molar-refractivity contribution in [1.82, 2.24) is 20.9 Å². The van der Waals surface area contributed by atoms with E-state index in [1.807, 2.05) is 95.9 Å². The standard InChI is InChI=1S/C56H52N6O9/c1-35(37-17-6-2-7-18-37)60-55(69)61-44-28-27-36(16-15-29-58-54(57)68)32-43(44)56(53(61)67)46(51(65)59-34-45(64)38-19-8-3-9-20-38)48-52(66)71-49(40-23-12-5-13-24-40)47(39-21-10-4-11-22-39)62(48)50(56)41-25-14-26-42(33-41)70-31-30-63/h2-14,17-28,32-33,35,45-50,63-64H,29-31,34H2,1H3,(H,59,65)(H,60,69)(H3,57,58,68)/t35-,45+,46+,47+,48+,49-,50-,56+/m1/s1. The second-order valence-electron chi connectivity index (χ2n) is 17.6. The number of ether oxygens (including phenoxy) is 2. The first-order valence-corrected chi connectivity index (χ1v) is 23.3. The van der Waals surface area contributed by atoms with Gasteiger partial charge in [0.2, 0.25) is 11.8 Å². The molecule has 6 aromatic rings. The number of carbonyl (C=O) groups is 5. The molecule has 0 aliphatic carbocycles. The summed E-state index contributed by atoms with van der Waals surface area (Å²) in [6, 6.07) is 42.6.